The van der Waals surface area contributed by atoms with Crippen LogP contribution >= 0.6 is 7.60 Å². The molecule has 1 rings (SSSR count). The van der Waals surface area contributed by atoms with Crippen LogP contribution in [0.3, 0.4) is 0 Å². The molecule has 0 aliphatic rings. The fourth-order valence-corrected chi connectivity index (χ4v) is 1.43. The van der Waals surface area contributed by atoms with E-state index in [2.05, 4.69) is 5.73 Å². The highest BCUT2D eigenvalue weighted by Crippen LogP contribution is 2.28. The molecule has 1 atom stereocenters. The first-order valence-corrected chi connectivity index (χ1v) is 5.50. The van der Waals surface area contributed by atoms with Crippen LogP contribution in [0.1, 0.15) is 5.56 Å². The van der Waals surface area contributed by atoms with Gasteiger partial charge in [-0.1, -0.05) is 30.3 Å². The third kappa shape index (κ3) is 3.28. The van der Waals surface area contributed by atoms with Gasteiger partial charge in [0.1, 0.15) is 5.78 Å². The molecule has 0 spiro atoms. The maximum atomic E-state index is 10.5. The Balaban J connectivity index is 2.66. The molecule has 1 aromatic carbocycles. The number of hydrogen-bond acceptors (Lipinski definition) is 3. The van der Waals surface area contributed by atoms with Gasteiger partial charge in [0.25, 0.3) is 0 Å². The Bertz CT molecular complexity index is 308. The average Bonchev–Trinajstić information content (AvgIpc) is 2.04. The summed E-state index contributed by atoms with van der Waals surface area (Å²) in [5.74, 6) is -1.07. The topological polar surface area (TPSA) is 90.8 Å². The summed E-state index contributed by atoms with van der Waals surface area (Å²) in [6.07, 6.45) is 0.186. The van der Waals surface area contributed by atoms with Crippen LogP contribution < -0.4 is 15.5 Å². The van der Waals surface area contributed by atoms with Crippen LogP contribution in [0.4, 0.5) is 0 Å². The molecule has 0 aliphatic heterocycles. The molecule has 0 saturated carbocycles. The Morgan fingerprint density at radius 1 is 1.31 bits per heavy atom. The second-order valence-electron chi connectivity index (χ2n) is 2.88. The molecule has 72 valence electrons. The molecule has 4 nitrogen and oxygen atoms in total. The molecule has 0 radical (unpaired) electrons. The maximum absolute atomic E-state index is 10.5. The van der Waals surface area contributed by atoms with E-state index in [0.717, 1.165) is 5.56 Å². The summed E-state index contributed by atoms with van der Waals surface area (Å²) in [6.45, 7) is 0. The van der Waals surface area contributed by atoms with Crippen LogP contribution in [0.2, 0.25) is 0 Å². The Hall–Kier alpha value is -0.670. The van der Waals surface area contributed by atoms with Gasteiger partial charge in [-0.2, -0.15) is 0 Å². The van der Waals surface area contributed by atoms with Crippen LogP contribution in [0, 0.1) is 0 Å². The zero-order valence-corrected chi connectivity index (χ0v) is 7.94. The van der Waals surface area contributed by atoms with E-state index < -0.39 is 13.4 Å². The van der Waals surface area contributed by atoms with Gasteiger partial charge in [0.05, 0.1) is 0 Å². The second kappa shape index (κ2) is 4.03. The SMILES string of the molecule is [NH3+][C@@H](Cc1ccccc1)P(=O)([O-])[O-]. The lowest BCUT2D eigenvalue weighted by molar-refractivity contribution is -0.429. The van der Waals surface area contributed by atoms with Crippen molar-refractivity contribution in [2.75, 3.05) is 0 Å². The average molecular weight is 200 g/mol. The Morgan fingerprint density at radius 2 is 1.85 bits per heavy atom. The van der Waals surface area contributed by atoms with Crippen molar-refractivity contribution in [2.45, 2.75) is 12.2 Å². The van der Waals surface area contributed by atoms with Gasteiger partial charge in [-0.05, 0) is 13.2 Å². The molecule has 0 bridgehead atoms. The Labute approximate surface area is 76.6 Å². The Kier molecular flexibility index (Phi) is 3.22. The number of rotatable bonds is 3. The highest BCUT2D eigenvalue weighted by Gasteiger charge is 2.10. The second-order valence-corrected chi connectivity index (χ2v) is 4.69. The summed E-state index contributed by atoms with van der Waals surface area (Å²) < 4.78 is 10.5. The minimum absolute atomic E-state index is 0.186. The van der Waals surface area contributed by atoms with Crippen molar-refractivity contribution < 1.29 is 20.1 Å². The minimum atomic E-state index is -4.53. The fraction of sp³-hybridized carbons (Fsp3) is 0.250. The van der Waals surface area contributed by atoms with Crippen molar-refractivity contribution in [3.63, 3.8) is 0 Å². The van der Waals surface area contributed by atoms with E-state index in [1.54, 1.807) is 24.3 Å². The summed E-state index contributed by atoms with van der Waals surface area (Å²) in [4.78, 5) is 21.1. The van der Waals surface area contributed by atoms with Gasteiger partial charge in [-0.25, -0.2) is 0 Å². The number of quaternary nitrogens is 1. The van der Waals surface area contributed by atoms with Gasteiger partial charge in [0.15, 0.2) is 0 Å². The molecule has 0 heterocycles. The van der Waals surface area contributed by atoms with Crippen molar-refractivity contribution in [2.24, 2.45) is 0 Å². The zero-order chi connectivity index (χ0) is 9.90. The predicted molar refractivity (Wildman–Crippen MR) is 44.4 cm³/mol. The molecule has 13 heavy (non-hydrogen) atoms. The van der Waals surface area contributed by atoms with E-state index in [1.807, 2.05) is 6.07 Å². The van der Waals surface area contributed by atoms with E-state index in [0.29, 0.717) is 0 Å². The first-order chi connectivity index (χ1) is 6.00. The van der Waals surface area contributed by atoms with Crippen LogP contribution in [0.15, 0.2) is 30.3 Å². The molecule has 0 unspecified atom stereocenters. The zero-order valence-electron chi connectivity index (χ0n) is 7.05. The molecule has 0 aromatic heterocycles. The van der Waals surface area contributed by atoms with Gasteiger partial charge in [-0.3, -0.25) is 0 Å². The predicted octanol–water partition coefficient (Wildman–Crippen LogP) is -1.29. The molecule has 1 aromatic rings. The van der Waals surface area contributed by atoms with E-state index in [4.69, 9.17) is 0 Å². The molecular weight excluding hydrogens is 189 g/mol. The highest BCUT2D eigenvalue weighted by molar-refractivity contribution is 7.49. The smallest absolute Gasteiger partial charge is 0.114 e. The van der Waals surface area contributed by atoms with Crippen molar-refractivity contribution in [1.29, 1.82) is 0 Å². The van der Waals surface area contributed by atoms with Crippen molar-refractivity contribution in [1.82, 2.24) is 0 Å². The number of benzene rings is 1. The molecule has 0 fully saturated rings. The number of hydrogen-bond donors (Lipinski definition) is 1. The Morgan fingerprint density at radius 3 is 2.31 bits per heavy atom. The monoisotopic (exact) mass is 200 g/mol. The highest BCUT2D eigenvalue weighted by atomic mass is 31.2. The molecular formula is C8H11NO3P-. The third-order valence-electron chi connectivity index (χ3n) is 1.76. The molecule has 0 aliphatic carbocycles. The van der Waals surface area contributed by atoms with Gasteiger partial charge in [-0.15, -0.1) is 0 Å². The van der Waals surface area contributed by atoms with Gasteiger partial charge in [0, 0.05) is 6.42 Å². The maximum Gasteiger partial charge on any atom is 0.114 e. The van der Waals surface area contributed by atoms with Gasteiger partial charge < -0.3 is 20.1 Å². The third-order valence-corrected chi connectivity index (χ3v) is 2.84. The fourth-order valence-electron chi connectivity index (χ4n) is 0.998. The lowest BCUT2D eigenvalue weighted by atomic mass is 10.2. The first kappa shape index (κ1) is 10.4. The summed E-state index contributed by atoms with van der Waals surface area (Å²) in [7, 11) is -4.53. The summed E-state index contributed by atoms with van der Waals surface area (Å²) >= 11 is 0. The molecule has 0 amide bonds. The first-order valence-electron chi connectivity index (χ1n) is 3.89. The van der Waals surface area contributed by atoms with Crippen molar-refractivity contribution >= 4 is 7.60 Å². The lowest BCUT2D eigenvalue weighted by Gasteiger charge is -2.32. The van der Waals surface area contributed by atoms with Crippen LogP contribution in [0.5, 0.6) is 0 Å². The van der Waals surface area contributed by atoms with Crippen LogP contribution in [-0.4, -0.2) is 5.78 Å². The van der Waals surface area contributed by atoms with Gasteiger partial charge >= 0.3 is 0 Å². The summed E-state index contributed by atoms with van der Waals surface area (Å²) in [5, 5.41) is 0. The van der Waals surface area contributed by atoms with Crippen molar-refractivity contribution in [3.05, 3.63) is 35.9 Å². The molecule has 3 N–H and O–H groups in total. The molecule has 5 heteroatoms. The largest absolute Gasteiger partial charge is 0.807 e. The van der Waals surface area contributed by atoms with E-state index in [-0.39, 0.29) is 6.42 Å². The minimum Gasteiger partial charge on any atom is -0.807 e. The standard InChI is InChI=1S/C8H12NO3P/c9-8(13(10,11)12)6-7-4-2-1-3-5-7/h1-5,8H,6,9H2,(H2,10,11,12)/p-1/t8-/m1/s1. The summed E-state index contributed by atoms with van der Waals surface area (Å²) in [6, 6.07) is 8.96. The van der Waals surface area contributed by atoms with Crippen LogP contribution in [-0.2, 0) is 11.0 Å². The van der Waals surface area contributed by atoms with Gasteiger partial charge in [0.2, 0.25) is 0 Å². The summed E-state index contributed by atoms with van der Waals surface area (Å²) in [5.41, 5.74) is 4.13. The normalized spacial score (nSPS) is 14.1. The van der Waals surface area contributed by atoms with Crippen molar-refractivity contribution in [3.8, 4) is 0 Å². The van der Waals surface area contributed by atoms with E-state index in [9.17, 15) is 14.4 Å². The molecule has 0 saturated heterocycles. The van der Waals surface area contributed by atoms with Crippen LogP contribution in [0.25, 0.3) is 0 Å². The van der Waals surface area contributed by atoms with E-state index >= 15 is 0 Å². The van der Waals surface area contributed by atoms with E-state index in [1.165, 1.54) is 0 Å². The lowest BCUT2D eigenvalue weighted by Crippen LogP contribution is -2.64. The quantitative estimate of drug-likeness (QED) is 0.615.